The van der Waals surface area contributed by atoms with Gasteiger partial charge in [-0.1, -0.05) is 51.9 Å². The molecule has 17 nitrogen and oxygen atoms in total. The van der Waals surface area contributed by atoms with Crippen molar-refractivity contribution < 1.29 is 62.7 Å². The molecule has 56 heavy (non-hydrogen) atoms. The molecule has 0 saturated carbocycles. The summed E-state index contributed by atoms with van der Waals surface area (Å²) in [5.74, 6) is -2.71. The molecule has 6 N–H and O–H groups in total. The lowest BCUT2D eigenvalue weighted by atomic mass is 10.1. The Bertz CT molecular complexity index is 1250. The summed E-state index contributed by atoms with van der Waals surface area (Å²) in [5.41, 5.74) is 0.217. The van der Waals surface area contributed by atoms with E-state index < -0.39 is 18.0 Å². The van der Waals surface area contributed by atoms with Crippen LogP contribution in [-0.2, 0) is 42.9 Å². The Morgan fingerprint density at radius 1 is 0.554 bits per heavy atom. The maximum Gasteiger partial charge on any atom is 0.335 e. The minimum atomic E-state index is -1.20. The summed E-state index contributed by atoms with van der Waals surface area (Å²) < 4.78 is 26.9. The standard InChI is InChI=1S/C39H64N4O13/c1-2-3-10-19-40-36(46)29-54-27-26-53-24-21-42-37(47)30-55-28-25-52-23-20-41-34(44)18-17-33(39(50)51)43-35(45)12-9-7-5-4-6-8-11-22-56-32-15-13-31(14-16-32)38(48)49/h13-16,33H,2-12,17-30H2,1H3,(H,40,46)(H,41,44)(H,42,47)(H,43,45)(H,48,49)(H,50,51)/t33-/m0/s1. The van der Waals surface area contributed by atoms with Gasteiger partial charge in [-0.15, -0.1) is 0 Å². The van der Waals surface area contributed by atoms with Crippen molar-refractivity contribution in [2.75, 3.05) is 79.1 Å². The Hall–Kier alpha value is -4.32. The van der Waals surface area contributed by atoms with Crippen LogP contribution in [-0.4, -0.2) is 131 Å². The Balaban J connectivity index is 1.94. The molecule has 0 heterocycles. The van der Waals surface area contributed by atoms with Gasteiger partial charge in [-0.05, 0) is 49.9 Å². The van der Waals surface area contributed by atoms with Crippen molar-refractivity contribution >= 4 is 35.6 Å². The SMILES string of the molecule is CCCCCNC(=O)COCCOCCNC(=O)COCCOCCNC(=O)CC[C@H](NC(=O)CCCCCCCCCOc1ccc(C(=O)O)cc1)C(=O)O. The minimum Gasteiger partial charge on any atom is -0.494 e. The number of nitrogens with one attached hydrogen (secondary N) is 4. The normalized spacial score (nSPS) is 11.4. The maximum absolute atomic E-state index is 12.3. The molecule has 0 spiro atoms. The zero-order chi connectivity index (χ0) is 41.1. The summed E-state index contributed by atoms with van der Waals surface area (Å²) in [4.78, 5) is 70.4. The quantitative estimate of drug-likeness (QED) is 0.0532. The van der Waals surface area contributed by atoms with Crippen molar-refractivity contribution in [2.24, 2.45) is 0 Å². The van der Waals surface area contributed by atoms with Gasteiger partial charge in [0.2, 0.25) is 23.6 Å². The molecule has 17 heteroatoms. The number of benzene rings is 1. The third kappa shape index (κ3) is 29.0. The van der Waals surface area contributed by atoms with Crippen LogP contribution in [0.25, 0.3) is 0 Å². The molecule has 318 valence electrons. The van der Waals surface area contributed by atoms with Gasteiger partial charge in [0.1, 0.15) is 25.0 Å². The van der Waals surface area contributed by atoms with E-state index in [-0.39, 0.29) is 94.6 Å². The zero-order valence-electron chi connectivity index (χ0n) is 32.9. The fourth-order valence-corrected chi connectivity index (χ4v) is 5.04. The minimum absolute atomic E-state index is 0.0115. The number of aliphatic carboxylic acids is 1. The van der Waals surface area contributed by atoms with E-state index in [0.717, 1.165) is 57.8 Å². The maximum atomic E-state index is 12.3. The van der Waals surface area contributed by atoms with E-state index in [1.54, 1.807) is 12.1 Å². The van der Waals surface area contributed by atoms with Crippen molar-refractivity contribution in [3.05, 3.63) is 29.8 Å². The van der Waals surface area contributed by atoms with Crippen molar-refractivity contribution in [3.63, 3.8) is 0 Å². The summed E-state index contributed by atoms with van der Waals surface area (Å²) in [5, 5.41) is 29.0. The molecule has 4 amide bonds. The number of ether oxygens (including phenoxy) is 5. The van der Waals surface area contributed by atoms with Crippen LogP contribution in [0, 0.1) is 0 Å². The second-order valence-electron chi connectivity index (χ2n) is 13.0. The van der Waals surface area contributed by atoms with Gasteiger partial charge in [-0.2, -0.15) is 0 Å². The first-order valence-corrected chi connectivity index (χ1v) is 19.7. The third-order valence-electron chi connectivity index (χ3n) is 8.16. The summed E-state index contributed by atoms with van der Waals surface area (Å²) in [6, 6.07) is 5.15. The topological polar surface area (TPSA) is 237 Å². The first-order valence-electron chi connectivity index (χ1n) is 19.7. The van der Waals surface area contributed by atoms with E-state index in [4.69, 9.17) is 28.8 Å². The molecule has 0 fully saturated rings. The summed E-state index contributed by atoms with van der Waals surface area (Å²) in [6.07, 6.45) is 9.58. The van der Waals surface area contributed by atoms with Crippen LogP contribution in [0.2, 0.25) is 0 Å². The van der Waals surface area contributed by atoms with Crippen LogP contribution in [0.3, 0.4) is 0 Å². The zero-order valence-corrected chi connectivity index (χ0v) is 32.9. The van der Waals surface area contributed by atoms with Crippen molar-refractivity contribution in [1.82, 2.24) is 21.3 Å². The van der Waals surface area contributed by atoms with Gasteiger partial charge >= 0.3 is 11.9 Å². The van der Waals surface area contributed by atoms with Crippen LogP contribution in [0.1, 0.15) is 101 Å². The number of carbonyl (C=O) groups excluding carboxylic acids is 4. The molecular weight excluding hydrogens is 732 g/mol. The largest absolute Gasteiger partial charge is 0.494 e. The lowest BCUT2D eigenvalue weighted by Crippen LogP contribution is -2.41. The van der Waals surface area contributed by atoms with Gasteiger partial charge in [0.25, 0.3) is 0 Å². The predicted molar refractivity (Wildman–Crippen MR) is 206 cm³/mol. The molecule has 0 aliphatic heterocycles. The number of hydrogen-bond donors (Lipinski definition) is 6. The molecule has 1 aromatic carbocycles. The van der Waals surface area contributed by atoms with E-state index in [9.17, 15) is 33.9 Å². The molecule has 1 aromatic rings. The molecular formula is C39H64N4O13. The molecule has 0 unspecified atom stereocenters. The number of hydrogen-bond acceptors (Lipinski definition) is 11. The van der Waals surface area contributed by atoms with E-state index in [0.29, 0.717) is 45.1 Å². The highest BCUT2D eigenvalue weighted by Gasteiger charge is 2.20. The van der Waals surface area contributed by atoms with Gasteiger partial charge < -0.3 is 55.2 Å². The summed E-state index contributed by atoms with van der Waals surface area (Å²) >= 11 is 0. The molecule has 1 atom stereocenters. The van der Waals surface area contributed by atoms with Gasteiger partial charge in [-0.3, -0.25) is 19.2 Å². The number of carbonyl (C=O) groups is 6. The lowest BCUT2D eigenvalue weighted by molar-refractivity contribution is -0.142. The number of carboxylic acids is 2. The van der Waals surface area contributed by atoms with Gasteiger partial charge in [0, 0.05) is 32.5 Å². The molecule has 0 radical (unpaired) electrons. The first-order chi connectivity index (χ1) is 27.1. The number of amides is 4. The fraction of sp³-hybridized carbons (Fsp3) is 0.692. The Kier molecular flexibility index (Phi) is 30.1. The van der Waals surface area contributed by atoms with Crippen LogP contribution in [0.15, 0.2) is 24.3 Å². The number of unbranched alkanes of at least 4 members (excludes halogenated alkanes) is 8. The van der Waals surface area contributed by atoms with Crippen molar-refractivity contribution in [1.29, 1.82) is 0 Å². The third-order valence-corrected chi connectivity index (χ3v) is 8.16. The summed E-state index contributed by atoms with van der Waals surface area (Å²) in [7, 11) is 0. The lowest BCUT2D eigenvalue weighted by Gasteiger charge is -2.14. The monoisotopic (exact) mass is 796 g/mol. The highest BCUT2D eigenvalue weighted by Crippen LogP contribution is 2.14. The van der Waals surface area contributed by atoms with Crippen LogP contribution in [0.5, 0.6) is 5.75 Å². The average Bonchev–Trinajstić information content (AvgIpc) is 3.17. The van der Waals surface area contributed by atoms with Crippen LogP contribution in [0.4, 0.5) is 0 Å². The van der Waals surface area contributed by atoms with E-state index in [1.807, 2.05) is 0 Å². The molecule has 1 rings (SSSR count). The first kappa shape index (κ1) is 49.7. The highest BCUT2D eigenvalue weighted by atomic mass is 16.5. The fourth-order valence-electron chi connectivity index (χ4n) is 5.04. The Labute approximate surface area is 330 Å². The number of rotatable bonds is 37. The predicted octanol–water partition coefficient (Wildman–Crippen LogP) is 2.84. The van der Waals surface area contributed by atoms with Crippen molar-refractivity contribution in [3.8, 4) is 5.75 Å². The number of carboxylic acid groups (broad SMARTS) is 2. The molecule has 0 aliphatic carbocycles. The van der Waals surface area contributed by atoms with Crippen molar-refractivity contribution in [2.45, 2.75) is 96.4 Å². The van der Waals surface area contributed by atoms with Crippen LogP contribution < -0.4 is 26.0 Å². The van der Waals surface area contributed by atoms with Gasteiger partial charge in [0.15, 0.2) is 0 Å². The van der Waals surface area contributed by atoms with Gasteiger partial charge in [-0.25, -0.2) is 9.59 Å². The van der Waals surface area contributed by atoms with Gasteiger partial charge in [0.05, 0.1) is 51.8 Å². The summed E-state index contributed by atoms with van der Waals surface area (Å²) in [6.45, 7) is 5.10. The second-order valence-corrected chi connectivity index (χ2v) is 13.0. The second kappa shape index (κ2) is 34.0. The van der Waals surface area contributed by atoms with E-state index in [1.165, 1.54) is 12.1 Å². The average molecular weight is 797 g/mol. The van der Waals surface area contributed by atoms with E-state index in [2.05, 4.69) is 28.2 Å². The Morgan fingerprint density at radius 2 is 1.09 bits per heavy atom. The van der Waals surface area contributed by atoms with Crippen LogP contribution >= 0.6 is 0 Å². The Morgan fingerprint density at radius 3 is 1.66 bits per heavy atom. The molecule has 0 saturated heterocycles. The smallest absolute Gasteiger partial charge is 0.335 e. The highest BCUT2D eigenvalue weighted by molar-refractivity contribution is 5.87. The molecule has 0 aromatic heterocycles. The van der Waals surface area contributed by atoms with E-state index >= 15 is 0 Å². The number of aromatic carboxylic acids is 1. The molecule has 0 aliphatic rings. The molecule has 0 bridgehead atoms.